The average Bonchev–Trinajstić information content (AvgIpc) is 2.17. The summed E-state index contributed by atoms with van der Waals surface area (Å²) in [6, 6.07) is 7.94. The molecule has 0 aliphatic carbocycles. The summed E-state index contributed by atoms with van der Waals surface area (Å²) in [5.74, 6) is 0. The van der Waals surface area contributed by atoms with E-state index in [1.54, 1.807) is 18.7 Å². The van der Waals surface area contributed by atoms with Gasteiger partial charge in [0.2, 0.25) is 0 Å². The van der Waals surface area contributed by atoms with E-state index in [-0.39, 0.29) is 0 Å². The Morgan fingerprint density at radius 1 is 1.19 bits per heavy atom. The first-order valence-corrected chi connectivity index (χ1v) is 5.79. The lowest BCUT2D eigenvalue weighted by molar-refractivity contribution is 0.105. The first-order valence-electron chi connectivity index (χ1n) is 5.79. The van der Waals surface area contributed by atoms with Crippen LogP contribution in [0.4, 0.5) is 5.69 Å². The van der Waals surface area contributed by atoms with E-state index >= 15 is 0 Å². The maximum atomic E-state index is 9.62. The predicted molar refractivity (Wildman–Crippen MR) is 66.3 cm³/mol. The Hall–Kier alpha value is -1.06. The highest BCUT2D eigenvalue weighted by Gasteiger charge is 2.16. The van der Waals surface area contributed by atoms with Crippen LogP contribution >= 0.6 is 0 Å². The molecule has 0 aliphatic heterocycles. The van der Waals surface area contributed by atoms with Crippen LogP contribution in [0.5, 0.6) is 0 Å². The molecular weight excluding hydrogens is 202 g/mol. The van der Waals surface area contributed by atoms with E-state index in [0.29, 0.717) is 0 Å². The molecule has 0 spiro atoms. The SMILES string of the molecule is CCCc1cccc(N(C(C)O)C(C)O)c1. The fourth-order valence-corrected chi connectivity index (χ4v) is 1.90. The second-order valence-electron chi connectivity index (χ2n) is 4.09. The van der Waals surface area contributed by atoms with E-state index in [9.17, 15) is 10.2 Å². The van der Waals surface area contributed by atoms with E-state index in [2.05, 4.69) is 13.0 Å². The number of hydrogen-bond acceptors (Lipinski definition) is 3. The topological polar surface area (TPSA) is 43.7 Å². The first kappa shape index (κ1) is 13.0. The Balaban J connectivity index is 2.95. The van der Waals surface area contributed by atoms with Gasteiger partial charge in [-0.15, -0.1) is 0 Å². The summed E-state index contributed by atoms with van der Waals surface area (Å²) in [4.78, 5) is 1.58. The molecule has 0 heterocycles. The minimum absolute atomic E-state index is 0.697. The van der Waals surface area contributed by atoms with Gasteiger partial charge in [-0.25, -0.2) is 0 Å². The lowest BCUT2D eigenvalue weighted by atomic mass is 10.1. The molecule has 3 nitrogen and oxygen atoms in total. The van der Waals surface area contributed by atoms with Gasteiger partial charge in [0.25, 0.3) is 0 Å². The van der Waals surface area contributed by atoms with Crippen molar-refractivity contribution in [3.8, 4) is 0 Å². The third kappa shape index (κ3) is 3.22. The Morgan fingerprint density at radius 3 is 2.31 bits per heavy atom. The summed E-state index contributed by atoms with van der Waals surface area (Å²) in [5, 5.41) is 19.2. The molecule has 0 radical (unpaired) electrons. The van der Waals surface area contributed by atoms with Crippen molar-refractivity contribution in [2.45, 2.75) is 46.1 Å². The molecule has 1 aromatic rings. The molecule has 0 aliphatic rings. The van der Waals surface area contributed by atoms with Gasteiger partial charge in [0.15, 0.2) is 0 Å². The van der Waals surface area contributed by atoms with Crippen LogP contribution in [0.15, 0.2) is 24.3 Å². The molecule has 0 fully saturated rings. The lowest BCUT2D eigenvalue weighted by Gasteiger charge is -2.30. The normalized spacial score (nSPS) is 14.6. The monoisotopic (exact) mass is 223 g/mol. The zero-order chi connectivity index (χ0) is 12.1. The molecule has 1 rings (SSSR count). The Morgan fingerprint density at radius 2 is 1.81 bits per heavy atom. The average molecular weight is 223 g/mol. The minimum Gasteiger partial charge on any atom is -0.374 e. The van der Waals surface area contributed by atoms with Gasteiger partial charge in [-0.3, -0.25) is 0 Å². The third-order valence-corrected chi connectivity index (χ3v) is 2.55. The zero-order valence-corrected chi connectivity index (χ0v) is 10.2. The number of rotatable bonds is 5. The van der Waals surface area contributed by atoms with Crippen LogP contribution < -0.4 is 4.90 Å². The molecule has 2 N–H and O–H groups in total. The van der Waals surface area contributed by atoms with E-state index in [4.69, 9.17) is 0 Å². The van der Waals surface area contributed by atoms with Crippen molar-refractivity contribution in [2.75, 3.05) is 4.90 Å². The van der Waals surface area contributed by atoms with Gasteiger partial charge in [0.1, 0.15) is 12.5 Å². The maximum Gasteiger partial charge on any atom is 0.126 e. The summed E-state index contributed by atoms with van der Waals surface area (Å²) < 4.78 is 0. The largest absolute Gasteiger partial charge is 0.374 e. The van der Waals surface area contributed by atoms with Gasteiger partial charge < -0.3 is 15.1 Å². The minimum atomic E-state index is -0.697. The van der Waals surface area contributed by atoms with Crippen LogP contribution in [0.1, 0.15) is 32.8 Å². The summed E-state index contributed by atoms with van der Waals surface area (Å²) in [6.07, 6.45) is 0.711. The highest BCUT2D eigenvalue weighted by Crippen LogP contribution is 2.20. The summed E-state index contributed by atoms with van der Waals surface area (Å²) in [5.41, 5.74) is 2.09. The number of hydrogen-bond donors (Lipinski definition) is 2. The van der Waals surface area contributed by atoms with Crippen molar-refractivity contribution >= 4 is 5.69 Å². The summed E-state index contributed by atoms with van der Waals surface area (Å²) in [6.45, 7) is 5.44. The lowest BCUT2D eigenvalue weighted by Crippen LogP contribution is -2.40. The highest BCUT2D eigenvalue weighted by molar-refractivity contribution is 5.49. The van der Waals surface area contributed by atoms with E-state index in [1.807, 2.05) is 18.2 Å². The molecule has 0 bridgehead atoms. The Bertz CT molecular complexity index is 315. The number of benzene rings is 1. The molecule has 1 aromatic carbocycles. The van der Waals surface area contributed by atoms with Crippen LogP contribution in [0.3, 0.4) is 0 Å². The molecule has 16 heavy (non-hydrogen) atoms. The fourth-order valence-electron chi connectivity index (χ4n) is 1.90. The molecular formula is C13H21NO2. The molecule has 90 valence electrons. The third-order valence-electron chi connectivity index (χ3n) is 2.55. The van der Waals surface area contributed by atoms with Crippen molar-refractivity contribution in [3.63, 3.8) is 0 Å². The first-order chi connectivity index (χ1) is 7.56. The maximum absolute atomic E-state index is 9.62. The molecule has 0 amide bonds. The van der Waals surface area contributed by atoms with Gasteiger partial charge in [-0.05, 0) is 38.0 Å². The van der Waals surface area contributed by atoms with Crippen LogP contribution in [-0.2, 0) is 6.42 Å². The van der Waals surface area contributed by atoms with Gasteiger partial charge in [-0.2, -0.15) is 0 Å². The van der Waals surface area contributed by atoms with Crippen LogP contribution in [0.25, 0.3) is 0 Å². The molecule has 0 saturated carbocycles. The standard InChI is InChI=1S/C13H21NO2/c1-4-6-12-7-5-8-13(9-12)14(10(2)15)11(3)16/h5,7-11,15-16H,4,6H2,1-3H3. The van der Waals surface area contributed by atoms with Crippen LogP contribution in [0.2, 0.25) is 0 Å². The van der Waals surface area contributed by atoms with Crippen molar-refractivity contribution < 1.29 is 10.2 Å². The molecule has 0 saturated heterocycles. The van der Waals surface area contributed by atoms with Gasteiger partial charge in [0, 0.05) is 5.69 Å². The molecule has 2 unspecified atom stereocenters. The smallest absolute Gasteiger partial charge is 0.126 e. The van der Waals surface area contributed by atoms with Crippen molar-refractivity contribution in [2.24, 2.45) is 0 Å². The summed E-state index contributed by atoms with van der Waals surface area (Å²) >= 11 is 0. The van der Waals surface area contributed by atoms with Crippen LogP contribution in [-0.4, -0.2) is 22.7 Å². The highest BCUT2D eigenvalue weighted by atomic mass is 16.3. The quantitative estimate of drug-likeness (QED) is 0.751. The van der Waals surface area contributed by atoms with Gasteiger partial charge >= 0.3 is 0 Å². The van der Waals surface area contributed by atoms with E-state index < -0.39 is 12.5 Å². The number of nitrogens with zero attached hydrogens (tertiary/aromatic N) is 1. The van der Waals surface area contributed by atoms with Gasteiger partial charge in [-0.1, -0.05) is 25.5 Å². The zero-order valence-electron chi connectivity index (χ0n) is 10.2. The number of aryl methyl sites for hydroxylation is 1. The second kappa shape index (κ2) is 5.87. The van der Waals surface area contributed by atoms with E-state index in [0.717, 1.165) is 18.5 Å². The predicted octanol–water partition coefficient (Wildman–Crippen LogP) is 2.12. The number of aliphatic hydroxyl groups excluding tert-OH is 2. The number of aliphatic hydroxyl groups is 2. The van der Waals surface area contributed by atoms with Crippen LogP contribution in [0, 0.1) is 0 Å². The van der Waals surface area contributed by atoms with Crippen molar-refractivity contribution in [1.82, 2.24) is 0 Å². The fraction of sp³-hybridized carbons (Fsp3) is 0.538. The molecule has 2 atom stereocenters. The number of anilines is 1. The second-order valence-corrected chi connectivity index (χ2v) is 4.09. The summed E-state index contributed by atoms with van der Waals surface area (Å²) in [7, 11) is 0. The molecule has 3 heteroatoms. The Labute approximate surface area is 97.3 Å². The van der Waals surface area contributed by atoms with Crippen molar-refractivity contribution in [1.29, 1.82) is 0 Å². The Kier molecular flexibility index (Phi) is 4.77. The van der Waals surface area contributed by atoms with E-state index in [1.165, 1.54) is 5.56 Å². The van der Waals surface area contributed by atoms with Gasteiger partial charge in [0.05, 0.1) is 0 Å². The van der Waals surface area contributed by atoms with Crippen molar-refractivity contribution in [3.05, 3.63) is 29.8 Å². The molecule has 0 aromatic heterocycles.